The van der Waals surface area contributed by atoms with Crippen molar-refractivity contribution in [2.75, 3.05) is 12.4 Å². The predicted octanol–water partition coefficient (Wildman–Crippen LogP) is 6.37. The van der Waals surface area contributed by atoms with E-state index >= 15 is 0 Å². The molecule has 0 saturated carbocycles. The topological polar surface area (TPSA) is 61.2 Å². The van der Waals surface area contributed by atoms with Crippen LogP contribution in [0.5, 0.6) is 11.5 Å². The van der Waals surface area contributed by atoms with E-state index in [1.54, 1.807) is 13.4 Å². The van der Waals surface area contributed by atoms with E-state index in [9.17, 15) is 0 Å². The number of hydrogen-bond acceptors (Lipinski definition) is 5. The van der Waals surface area contributed by atoms with E-state index < -0.39 is 0 Å². The van der Waals surface area contributed by atoms with Crippen molar-refractivity contribution in [2.24, 2.45) is 0 Å². The van der Waals surface area contributed by atoms with Crippen LogP contribution in [0.3, 0.4) is 0 Å². The number of ether oxygens (including phenoxy) is 2. The van der Waals surface area contributed by atoms with Gasteiger partial charge in [0, 0.05) is 15.6 Å². The lowest BCUT2D eigenvalue weighted by Crippen LogP contribution is -2.32. The molecule has 33 heavy (non-hydrogen) atoms. The molecular weight excluding hydrogens is 548 g/mol. The average molecular weight is 566 g/mol. The summed E-state index contributed by atoms with van der Waals surface area (Å²) in [6.45, 7) is 0. The van der Waals surface area contributed by atoms with E-state index in [1.165, 1.54) is 0 Å². The van der Waals surface area contributed by atoms with Crippen LogP contribution in [-0.2, 0) is 0 Å². The minimum Gasteiger partial charge on any atom is -0.496 e. The number of methoxy groups -OCH3 is 1. The zero-order valence-electron chi connectivity index (χ0n) is 17.5. The number of rotatable bonds is 3. The van der Waals surface area contributed by atoms with Gasteiger partial charge in [-0.25, -0.2) is 4.68 Å². The quantitative estimate of drug-likeness (QED) is 0.313. The Bertz CT molecular complexity index is 1420. The van der Waals surface area contributed by atoms with Crippen molar-refractivity contribution in [1.82, 2.24) is 14.8 Å². The average Bonchev–Trinajstić information content (AvgIpc) is 3.30. The van der Waals surface area contributed by atoms with Gasteiger partial charge >= 0.3 is 0 Å². The van der Waals surface area contributed by atoms with E-state index in [1.807, 2.05) is 41.1 Å². The van der Waals surface area contributed by atoms with Crippen molar-refractivity contribution < 1.29 is 9.47 Å². The van der Waals surface area contributed by atoms with Crippen LogP contribution < -0.4 is 14.8 Å². The Hall–Kier alpha value is -3.10. The number of nitrogens with zero attached hydrogens (tertiary/aromatic N) is 3. The van der Waals surface area contributed by atoms with E-state index in [0.717, 1.165) is 48.4 Å². The Morgan fingerprint density at radius 1 is 1.00 bits per heavy atom. The molecule has 0 unspecified atom stereocenters. The van der Waals surface area contributed by atoms with E-state index in [0.29, 0.717) is 5.95 Å². The molecule has 8 heteroatoms. The molecule has 6 nitrogen and oxygen atoms in total. The number of fused-ring (bicyclic) bond motifs is 3. The highest BCUT2D eigenvalue weighted by Crippen LogP contribution is 2.51. The summed E-state index contributed by atoms with van der Waals surface area (Å²) >= 11 is 7.27. The Morgan fingerprint density at radius 2 is 1.88 bits per heavy atom. The minimum atomic E-state index is -0.317. The molecule has 3 aromatic carbocycles. The van der Waals surface area contributed by atoms with E-state index in [4.69, 9.17) is 9.47 Å². The third-order valence-corrected chi connectivity index (χ3v) is 7.08. The highest BCUT2D eigenvalue weighted by molar-refractivity contribution is 9.10. The number of benzene rings is 3. The lowest BCUT2D eigenvalue weighted by Gasteiger charge is -2.39. The van der Waals surface area contributed by atoms with Gasteiger partial charge < -0.3 is 14.8 Å². The SMILES string of the molecule is COc1ccc([C@H]2C3=C(Nc4ncnn42)c2ccccc2O[C@H]3c2cccc(Br)c2)cc1Br. The molecule has 4 aromatic rings. The Balaban J connectivity index is 1.62. The summed E-state index contributed by atoms with van der Waals surface area (Å²) in [7, 11) is 1.66. The van der Waals surface area contributed by atoms with E-state index in [-0.39, 0.29) is 12.1 Å². The number of aromatic nitrogens is 3. The summed E-state index contributed by atoms with van der Waals surface area (Å²) in [6.07, 6.45) is 1.26. The molecule has 0 saturated heterocycles. The smallest absolute Gasteiger partial charge is 0.226 e. The first-order chi connectivity index (χ1) is 16.1. The molecule has 0 aliphatic carbocycles. The largest absolute Gasteiger partial charge is 0.496 e. The second-order valence-corrected chi connectivity index (χ2v) is 9.60. The van der Waals surface area contributed by atoms with Gasteiger partial charge in [-0.1, -0.05) is 46.3 Å². The lowest BCUT2D eigenvalue weighted by atomic mass is 9.84. The fraction of sp³-hybridized carbons (Fsp3) is 0.120. The fourth-order valence-corrected chi connectivity index (χ4v) is 5.51. The van der Waals surface area contributed by atoms with Crippen LogP contribution in [0.1, 0.15) is 28.8 Å². The van der Waals surface area contributed by atoms with Crippen molar-refractivity contribution in [2.45, 2.75) is 12.1 Å². The monoisotopic (exact) mass is 564 g/mol. The van der Waals surface area contributed by atoms with Crippen LogP contribution in [0.25, 0.3) is 5.70 Å². The minimum absolute atomic E-state index is 0.224. The maximum absolute atomic E-state index is 6.64. The van der Waals surface area contributed by atoms with Gasteiger partial charge in [-0.05, 0) is 63.5 Å². The molecule has 164 valence electrons. The van der Waals surface area contributed by atoms with Gasteiger partial charge in [0.2, 0.25) is 5.95 Å². The van der Waals surface area contributed by atoms with Crippen LogP contribution in [0.4, 0.5) is 5.95 Å². The molecule has 3 heterocycles. The van der Waals surface area contributed by atoms with Crippen LogP contribution in [0.2, 0.25) is 0 Å². The first-order valence-corrected chi connectivity index (χ1v) is 12.0. The zero-order chi connectivity index (χ0) is 22.5. The Labute approximate surface area is 207 Å². The molecule has 0 amide bonds. The van der Waals surface area contributed by atoms with Crippen LogP contribution in [-0.4, -0.2) is 21.9 Å². The molecule has 2 atom stereocenters. The fourth-order valence-electron chi connectivity index (χ4n) is 4.54. The highest BCUT2D eigenvalue weighted by Gasteiger charge is 2.41. The third kappa shape index (κ3) is 3.36. The lowest BCUT2D eigenvalue weighted by molar-refractivity contribution is 0.223. The van der Waals surface area contributed by atoms with Gasteiger partial charge in [0.1, 0.15) is 30.0 Å². The second-order valence-electron chi connectivity index (χ2n) is 7.83. The third-order valence-electron chi connectivity index (χ3n) is 5.96. The van der Waals surface area contributed by atoms with Crippen molar-refractivity contribution >= 4 is 43.5 Å². The van der Waals surface area contributed by atoms with Crippen molar-refractivity contribution in [3.05, 3.63) is 104 Å². The summed E-state index contributed by atoms with van der Waals surface area (Å²) in [4.78, 5) is 4.49. The first-order valence-electron chi connectivity index (χ1n) is 10.4. The molecule has 2 aliphatic heterocycles. The summed E-state index contributed by atoms with van der Waals surface area (Å²) in [5.41, 5.74) is 5.17. The van der Waals surface area contributed by atoms with Gasteiger partial charge in [0.05, 0.1) is 17.3 Å². The number of nitrogens with one attached hydrogen (secondary N) is 1. The van der Waals surface area contributed by atoms with Crippen LogP contribution >= 0.6 is 31.9 Å². The van der Waals surface area contributed by atoms with Crippen molar-refractivity contribution in [3.8, 4) is 11.5 Å². The Kier molecular flexibility index (Phi) is 4.99. The van der Waals surface area contributed by atoms with E-state index in [2.05, 4.69) is 77.6 Å². The van der Waals surface area contributed by atoms with Crippen LogP contribution in [0.15, 0.2) is 87.6 Å². The number of halogens is 2. The summed E-state index contributed by atoms with van der Waals surface area (Å²) in [6, 6.07) is 22.2. The van der Waals surface area contributed by atoms with Crippen molar-refractivity contribution in [1.29, 1.82) is 0 Å². The Morgan fingerprint density at radius 3 is 2.70 bits per heavy atom. The van der Waals surface area contributed by atoms with Gasteiger partial charge in [0.15, 0.2) is 0 Å². The summed E-state index contributed by atoms with van der Waals surface area (Å²) < 4.78 is 15.9. The zero-order valence-corrected chi connectivity index (χ0v) is 20.7. The molecule has 0 fully saturated rings. The standard InChI is InChI=1S/C25H18Br2N4O2/c1-32-20-10-9-14(12-18(20)27)23-21-22(30-25-28-13-29-31(23)25)17-7-2-3-8-19(17)33-24(21)15-5-4-6-16(26)11-15/h2-13,23-24H,1H3,(H,28,29,30)/t23-,24-/m0/s1. The molecule has 0 radical (unpaired) electrons. The molecule has 1 N–H and O–H groups in total. The van der Waals surface area contributed by atoms with Gasteiger partial charge in [-0.15, -0.1) is 0 Å². The number of hydrogen-bond donors (Lipinski definition) is 1. The van der Waals surface area contributed by atoms with Gasteiger partial charge in [-0.3, -0.25) is 0 Å². The number of para-hydroxylation sites is 1. The van der Waals surface area contributed by atoms with Gasteiger partial charge in [0.25, 0.3) is 0 Å². The number of anilines is 1. The summed E-state index contributed by atoms with van der Waals surface area (Å²) in [5.74, 6) is 2.29. The molecular formula is C25H18Br2N4O2. The normalized spacial score (nSPS) is 18.5. The summed E-state index contributed by atoms with van der Waals surface area (Å²) in [5, 5.41) is 8.10. The van der Waals surface area contributed by atoms with Crippen molar-refractivity contribution in [3.63, 3.8) is 0 Å². The molecule has 2 aliphatic rings. The van der Waals surface area contributed by atoms with Gasteiger partial charge in [-0.2, -0.15) is 10.1 Å². The molecule has 0 bridgehead atoms. The van der Waals surface area contributed by atoms with Crippen LogP contribution in [0, 0.1) is 0 Å². The second kappa shape index (κ2) is 8.04. The first kappa shape index (κ1) is 20.5. The molecule has 6 rings (SSSR count). The molecule has 1 aromatic heterocycles. The highest BCUT2D eigenvalue weighted by atomic mass is 79.9. The maximum atomic E-state index is 6.64. The molecule has 0 spiro atoms. The maximum Gasteiger partial charge on any atom is 0.226 e. The predicted molar refractivity (Wildman–Crippen MR) is 133 cm³/mol.